The van der Waals surface area contributed by atoms with Gasteiger partial charge in [-0.15, -0.1) is 0 Å². The van der Waals surface area contributed by atoms with E-state index in [-0.39, 0.29) is 16.3 Å². The molecule has 6 nitrogen and oxygen atoms in total. The Bertz CT molecular complexity index is 729. The van der Waals surface area contributed by atoms with Crippen LogP contribution in [0.25, 0.3) is 0 Å². The third kappa shape index (κ3) is 3.11. The van der Waals surface area contributed by atoms with Crippen molar-refractivity contribution in [2.24, 2.45) is 0 Å². The zero-order valence-corrected chi connectivity index (χ0v) is 11.6. The van der Waals surface area contributed by atoms with Gasteiger partial charge in [-0.3, -0.25) is 10.1 Å². The molecule has 0 radical (unpaired) electrons. The predicted molar refractivity (Wildman–Crippen MR) is 76.3 cm³/mol. The smallest absolute Gasteiger partial charge is 0.339 e. The summed E-state index contributed by atoms with van der Waals surface area (Å²) < 4.78 is 5.53. The van der Waals surface area contributed by atoms with Crippen LogP contribution in [0.4, 0.5) is 5.69 Å². The number of ether oxygens (including phenoxy) is 1. The van der Waals surface area contributed by atoms with Crippen molar-refractivity contribution in [3.8, 4) is 11.5 Å². The molecule has 0 unspecified atom stereocenters. The first-order chi connectivity index (χ1) is 9.90. The quantitative estimate of drug-likeness (QED) is 0.680. The number of non-ortho nitro benzene ring substituents is 1. The molecule has 0 atom stereocenters. The van der Waals surface area contributed by atoms with Gasteiger partial charge in [0, 0.05) is 12.1 Å². The lowest BCUT2D eigenvalue weighted by Crippen LogP contribution is -2.03. The second-order valence-corrected chi connectivity index (χ2v) is 4.64. The SMILES string of the molecule is Cc1ccccc1Oc1c(Cl)cc([N+](=O)[O-])cc1C(=O)O. The van der Waals surface area contributed by atoms with Gasteiger partial charge >= 0.3 is 5.97 Å². The van der Waals surface area contributed by atoms with Crippen LogP contribution in [0, 0.1) is 17.0 Å². The molecular weight excluding hydrogens is 298 g/mol. The number of rotatable bonds is 4. The molecule has 2 rings (SSSR count). The van der Waals surface area contributed by atoms with Crippen molar-refractivity contribution in [2.45, 2.75) is 6.92 Å². The van der Waals surface area contributed by atoms with Crippen molar-refractivity contribution < 1.29 is 19.6 Å². The van der Waals surface area contributed by atoms with Crippen LogP contribution in [0.3, 0.4) is 0 Å². The second-order valence-electron chi connectivity index (χ2n) is 4.23. The predicted octanol–water partition coefficient (Wildman–Crippen LogP) is 4.05. The van der Waals surface area contributed by atoms with Gasteiger partial charge in [0.25, 0.3) is 5.69 Å². The number of aromatic carboxylic acids is 1. The summed E-state index contributed by atoms with van der Waals surface area (Å²) >= 11 is 5.93. The van der Waals surface area contributed by atoms with Crippen LogP contribution in [0.2, 0.25) is 5.02 Å². The van der Waals surface area contributed by atoms with Gasteiger partial charge in [-0.2, -0.15) is 0 Å². The number of nitro benzene ring substituents is 1. The third-order valence-corrected chi connectivity index (χ3v) is 3.06. The maximum Gasteiger partial charge on any atom is 0.339 e. The molecule has 2 aromatic rings. The van der Waals surface area contributed by atoms with Crippen LogP contribution >= 0.6 is 11.6 Å². The normalized spacial score (nSPS) is 10.2. The minimum absolute atomic E-state index is 0.121. The molecule has 0 heterocycles. The number of carboxylic acid groups (broad SMARTS) is 1. The summed E-state index contributed by atoms with van der Waals surface area (Å²) in [5.41, 5.74) is 0.00949. The Morgan fingerprint density at radius 3 is 2.57 bits per heavy atom. The molecule has 7 heteroatoms. The Balaban J connectivity index is 2.55. The second kappa shape index (κ2) is 5.80. The summed E-state index contributed by atoms with van der Waals surface area (Å²) in [5, 5.41) is 19.8. The van der Waals surface area contributed by atoms with E-state index in [0.717, 1.165) is 17.7 Å². The fourth-order valence-corrected chi connectivity index (χ4v) is 1.98. The van der Waals surface area contributed by atoms with E-state index in [9.17, 15) is 20.0 Å². The van der Waals surface area contributed by atoms with Crippen molar-refractivity contribution in [2.75, 3.05) is 0 Å². The number of benzene rings is 2. The van der Waals surface area contributed by atoms with Crippen LogP contribution < -0.4 is 4.74 Å². The number of hydrogen-bond acceptors (Lipinski definition) is 4. The van der Waals surface area contributed by atoms with Crippen molar-refractivity contribution >= 4 is 23.3 Å². The molecule has 108 valence electrons. The minimum Gasteiger partial charge on any atom is -0.478 e. The van der Waals surface area contributed by atoms with E-state index in [1.54, 1.807) is 31.2 Å². The molecular formula is C14H10ClNO5. The van der Waals surface area contributed by atoms with Crippen LogP contribution in [0.1, 0.15) is 15.9 Å². The van der Waals surface area contributed by atoms with Crippen LogP contribution in [0.5, 0.6) is 11.5 Å². The number of para-hydroxylation sites is 1. The van der Waals surface area contributed by atoms with Crippen LogP contribution in [-0.2, 0) is 0 Å². The first-order valence-corrected chi connectivity index (χ1v) is 6.22. The number of nitro groups is 1. The number of nitrogens with zero attached hydrogens (tertiary/aromatic N) is 1. The van der Waals surface area contributed by atoms with Gasteiger partial charge in [0.2, 0.25) is 0 Å². The minimum atomic E-state index is -1.36. The molecule has 21 heavy (non-hydrogen) atoms. The molecule has 0 spiro atoms. The molecule has 2 aromatic carbocycles. The zero-order chi connectivity index (χ0) is 15.6. The van der Waals surface area contributed by atoms with E-state index in [1.807, 2.05) is 0 Å². The fraction of sp³-hybridized carbons (Fsp3) is 0.0714. The van der Waals surface area contributed by atoms with Crippen molar-refractivity contribution in [3.05, 3.63) is 62.7 Å². The van der Waals surface area contributed by atoms with Gasteiger partial charge in [0.15, 0.2) is 5.75 Å². The van der Waals surface area contributed by atoms with Gasteiger partial charge in [-0.05, 0) is 18.6 Å². The molecule has 0 amide bonds. The lowest BCUT2D eigenvalue weighted by atomic mass is 10.1. The van der Waals surface area contributed by atoms with E-state index >= 15 is 0 Å². The molecule has 0 saturated heterocycles. The highest BCUT2D eigenvalue weighted by molar-refractivity contribution is 6.33. The molecule has 1 N–H and O–H groups in total. The lowest BCUT2D eigenvalue weighted by molar-refractivity contribution is -0.384. The highest BCUT2D eigenvalue weighted by atomic mass is 35.5. The highest BCUT2D eigenvalue weighted by Gasteiger charge is 2.22. The number of aryl methyl sites for hydroxylation is 1. The van der Waals surface area contributed by atoms with Gasteiger partial charge < -0.3 is 9.84 Å². The van der Waals surface area contributed by atoms with Gasteiger partial charge in [-0.1, -0.05) is 29.8 Å². The maximum atomic E-state index is 11.3. The average molecular weight is 308 g/mol. The molecule has 0 aliphatic rings. The van der Waals surface area contributed by atoms with Crippen LogP contribution in [-0.4, -0.2) is 16.0 Å². The van der Waals surface area contributed by atoms with Crippen LogP contribution in [0.15, 0.2) is 36.4 Å². The lowest BCUT2D eigenvalue weighted by Gasteiger charge is -2.12. The van der Waals surface area contributed by atoms with E-state index in [2.05, 4.69) is 0 Å². The largest absolute Gasteiger partial charge is 0.478 e. The van der Waals surface area contributed by atoms with Gasteiger partial charge in [-0.25, -0.2) is 4.79 Å². The van der Waals surface area contributed by atoms with Gasteiger partial charge in [0.1, 0.15) is 11.3 Å². The molecule has 0 aliphatic heterocycles. The Labute approximate surface area is 124 Å². The summed E-state index contributed by atoms with van der Waals surface area (Å²) in [7, 11) is 0. The standard InChI is InChI=1S/C14H10ClNO5/c1-8-4-2-3-5-12(8)21-13-10(14(17)18)6-9(16(19)20)7-11(13)15/h2-7H,1H3,(H,17,18). The summed E-state index contributed by atoms with van der Waals surface area (Å²) in [6, 6.07) is 8.94. The maximum absolute atomic E-state index is 11.3. The molecule has 0 fully saturated rings. The number of carbonyl (C=O) groups is 1. The number of hydrogen-bond donors (Lipinski definition) is 1. The van der Waals surface area contributed by atoms with E-state index in [1.165, 1.54) is 0 Å². The Morgan fingerprint density at radius 2 is 2.00 bits per heavy atom. The number of halogens is 1. The van der Waals surface area contributed by atoms with E-state index in [0.29, 0.717) is 5.75 Å². The highest BCUT2D eigenvalue weighted by Crippen LogP contribution is 2.37. The van der Waals surface area contributed by atoms with Crippen molar-refractivity contribution in [1.29, 1.82) is 0 Å². The Hall–Kier alpha value is -2.60. The Morgan fingerprint density at radius 1 is 1.33 bits per heavy atom. The topological polar surface area (TPSA) is 89.7 Å². The first-order valence-electron chi connectivity index (χ1n) is 5.85. The first kappa shape index (κ1) is 14.8. The van der Waals surface area contributed by atoms with Gasteiger partial charge in [0.05, 0.1) is 9.95 Å². The van der Waals surface area contributed by atoms with E-state index < -0.39 is 16.6 Å². The summed E-state index contributed by atoms with van der Waals surface area (Å²) in [6.07, 6.45) is 0. The summed E-state index contributed by atoms with van der Waals surface area (Å²) in [6.45, 7) is 1.79. The average Bonchev–Trinajstić information content (AvgIpc) is 2.42. The Kier molecular flexibility index (Phi) is 4.09. The molecule has 0 aliphatic carbocycles. The molecule has 0 saturated carbocycles. The summed E-state index contributed by atoms with van der Waals surface area (Å²) in [5.74, 6) is -1.05. The fourth-order valence-electron chi connectivity index (χ4n) is 1.73. The molecule has 0 aromatic heterocycles. The summed E-state index contributed by atoms with van der Waals surface area (Å²) in [4.78, 5) is 21.3. The number of carboxylic acids is 1. The third-order valence-electron chi connectivity index (χ3n) is 2.78. The monoisotopic (exact) mass is 307 g/mol. The van der Waals surface area contributed by atoms with Crippen molar-refractivity contribution in [1.82, 2.24) is 0 Å². The molecule has 0 bridgehead atoms. The van der Waals surface area contributed by atoms with E-state index in [4.69, 9.17) is 16.3 Å². The zero-order valence-electron chi connectivity index (χ0n) is 10.9. The van der Waals surface area contributed by atoms with Crippen molar-refractivity contribution in [3.63, 3.8) is 0 Å².